The summed E-state index contributed by atoms with van der Waals surface area (Å²) >= 11 is 5.10. The molecule has 0 atom stereocenters. The van der Waals surface area contributed by atoms with E-state index < -0.39 is 18.0 Å². The first kappa shape index (κ1) is 14.3. The summed E-state index contributed by atoms with van der Waals surface area (Å²) in [7, 11) is 0. The van der Waals surface area contributed by atoms with E-state index in [0.29, 0.717) is 0 Å². The number of hydrazine groups is 1. The lowest BCUT2D eigenvalue weighted by Crippen LogP contribution is -2.30. The molecular formula is C10H6ClF3N4O2. The number of halogens is 4. The van der Waals surface area contributed by atoms with Crippen LogP contribution in [0.1, 0.15) is 16.2 Å². The van der Waals surface area contributed by atoms with Gasteiger partial charge in [-0.2, -0.15) is 18.2 Å². The zero-order valence-electron chi connectivity index (χ0n) is 9.53. The highest BCUT2D eigenvalue weighted by molar-refractivity contribution is 6.14. The van der Waals surface area contributed by atoms with Gasteiger partial charge in [-0.25, -0.2) is 0 Å². The zero-order chi connectivity index (χ0) is 14.8. The van der Waals surface area contributed by atoms with Gasteiger partial charge in [0.1, 0.15) is 0 Å². The summed E-state index contributed by atoms with van der Waals surface area (Å²) in [5.41, 5.74) is 2.65. The van der Waals surface area contributed by atoms with E-state index in [0.717, 1.165) is 0 Å². The molecular weight excluding hydrogens is 301 g/mol. The minimum absolute atomic E-state index is 0.222. The molecule has 1 aromatic heterocycles. The molecule has 2 rings (SSSR count). The van der Waals surface area contributed by atoms with E-state index >= 15 is 0 Å². The zero-order valence-corrected chi connectivity index (χ0v) is 10.3. The van der Waals surface area contributed by atoms with E-state index in [2.05, 4.69) is 20.1 Å². The lowest BCUT2D eigenvalue weighted by atomic mass is 10.1. The standard InChI is InChI=1S/C10H6ClF3N4O2/c11-18-16-8(19)6-3-1-5(2-4-6)7-15-9(20-17-7)10(12,13)14/h1-4,18H,(H,16,19). The van der Waals surface area contributed by atoms with Crippen LogP contribution in [0.25, 0.3) is 11.4 Å². The van der Waals surface area contributed by atoms with Crippen LogP contribution in [-0.2, 0) is 6.18 Å². The second-order valence-electron chi connectivity index (χ2n) is 3.55. The molecule has 0 unspecified atom stereocenters. The Morgan fingerprint density at radius 3 is 2.40 bits per heavy atom. The topological polar surface area (TPSA) is 80.0 Å². The number of amides is 1. The molecule has 2 N–H and O–H groups in total. The van der Waals surface area contributed by atoms with Crippen molar-refractivity contribution in [3.05, 3.63) is 35.7 Å². The van der Waals surface area contributed by atoms with Gasteiger partial charge in [0.25, 0.3) is 5.91 Å². The van der Waals surface area contributed by atoms with Gasteiger partial charge in [0, 0.05) is 11.1 Å². The number of hydrogen-bond donors (Lipinski definition) is 2. The summed E-state index contributed by atoms with van der Waals surface area (Å²) in [5.74, 6) is -2.16. The van der Waals surface area contributed by atoms with Gasteiger partial charge in [0.2, 0.25) is 5.82 Å². The molecule has 106 valence electrons. The lowest BCUT2D eigenvalue weighted by molar-refractivity contribution is -0.159. The monoisotopic (exact) mass is 306 g/mol. The van der Waals surface area contributed by atoms with Crippen LogP contribution in [0.3, 0.4) is 0 Å². The number of carbonyl (C=O) groups is 1. The molecule has 0 spiro atoms. The fourth-order valence-electron chi connectivity index (χ4n) is 1.34. The van der Waals surface area contributed by atoms with Gasteiger partial charge in [-0.05, 0) is 23.9 Å². The summed E-state index contributed by atoms with van der Waals surface area (Å²) in [6.45, 7) is 0. The van der Waals surface area contributed by atoms with Crippen LogP contribution >= 0.6 is 11.8 Å². The fourth-order valence-corrected chi connectivity index (χ4v) is 1.43. The van der Waals surface area contributed by atoms with E-state index in [9.17, 15) is 18.0 Å². The Morgan fingerprint density at radius 2 is 1.90 bits per heavy atom. The Morgan fingerprint density at radius 1 is 1.25 bits per heavy atom. The predicted octanol–water partition coefficient (Wildman–Crippen LogP) is 2.14. The molecule has 0 aliphatic carbocycles. The molecule has 20 heavy (non-hydrogen) atoms. The average Bonchev–Trinajstić information content (AvgIpc) is 2.89. The second kappa shape index (κ2) is 5.47. The molecule has 0 aliphatic heterocycles. The summed E-state index contributed by atoms with van der Waals surface area (Å²) in [6.07, 6.45) is -4.70. The van der Waals surface area contributed by atoms with Gasteiger partial charge >= 0.3 is 12.1 Å². The van der Waals surface area contributed by atoms with Crippen molar-refractivity contribution in [1.82, 2.24) is 20.5 Å². The van der Waals surface area contributed by atoms with Gasteiger partial charge in [-0.3, -0.25) is 10.2 Å². The molecule has 1 amide bonds. The molecule has 0 saturated heterocycles. The van der Waals surface area contributed by atoms with E-state index in [1.165, 1.54) is 24.3 Å². The van der Waals surface area contributed by atoms with Crippen molar-refractivity contribution in [1.29, 1.82) is 0 Å². The van der Waals surface area contributed by atoms with Gasteiger partial charge in [-0.1, -0.05) is 17.3 Å². The summed E-state index contributed by atoms with van der Waals surface area (Å²) in [5, 5.41) is 3.22. The third kappa shape index (κ3) is 3.06. The van der Waals surface area contributed by atoms with Crippen molar-refractivity contribution in [2.24, 2.45) is 0 Å². The molecule has 1 heterocycles. The first-order valence-corrected chi connectivity index (χ1v) is 5.47. The van der Waals surface area contributed by atoms with E-state index in [4.69, 9.17) is 11.8 Å². The van der Waals surface area contributed by atoms with Crippen molar-refractivity contribution in [2.45, 2.75) is 6.18 Å². The first-order valence-electron chi connectivity index (χ1n) is 5.09. The SMILES string of the molecule is O=C(NNCl)c1ccc(-c2noc(C(F)(F)F)n2)cc1. The minimum Gasteiger partial charge on any atom is -0.329 e. The molecule has 10 heteroatoms. The number of nitrogens with one attached hydrogen (secondary N) is 2. The van der Waals surface area contributed by atoms with E-state index in [1.807, 2.05) is 4.94 Å². The van der Waals surface area contributed by atoms with Crippen molar-refractivity contribution in [3.8, 4) is 11.4 Å². The molecule has 0 radical (unpaired) electrons. The van der Waals surface area contributed by atoms with Crippen molar-refractivity contribution < 1.29 is 22.5 Å². The summed E-state index contributed by atoms with van der Waals surface area (Å²) in [4.78, 5) is 16.5. The Labute approximate surface area is 115 Å². The Hall–Kier alpha value is -2.13. The molecule has 6 nitrogen and oxygen atoms in total. The van der Waals surface area contributed by atoms with Crippen molar-refractivity contribution >= 4 is 17.7 Å². The summed E-state index contributed by atoms with van der Waals surface area (Å²) in [6, 6.07) is 5.52. The smallest absolute Gasteiger partial charge is 0.329 e. The maximum atomic E-state index is 12.3. The Kier molecular flexibility index (Phi) is 3.91. The van der Waals surface area contributed by atoms with Gasteiger partial charge < -0.3 is 4.52 Å². The quantitative estimate of drug-likeness (QED) is 0.671. The first-order chi connectivity index (χ1) is 9.41. The van der Waals surface area contributed by atoms with E-state index in [1.54, 1.807) is 0 Å². The van der Waals surface area contributed by atoms with Crippen LogP contribution in [0.5, 0.6) is 0 Å². The largest absolute Gasteiger partial charge is 0.471 e. The average molecular weight is 307 g/mol. The number of rotatable bonds is 3. The van der Waals surface area contributed by atoms with Crippen molar-refractivity contribution in [2.75, 3.05) is 0 Å². The van der Waals surface area contributed by atoms with Gasteiger partial charge in [0.05, 0.1) is 0 Å². The number of aromatic nitrogens is 2. The highest BCUT2D eigenvalue weighted by Crippen LogP contribution is 2.29. The van der Waals surface area contributed by atoms with Crippen LogP contribution in [-0.4, -0.2) is 16.0 Å². The third-order valence-corrected chi connectivity index (χ3v) is 2.33. The molecule has 1 aromatic carbocycles. The van der Waals surface area contributed by atoms with Gasteiger partial charge in [-0.15, -0.1) is 4.94 Å². The molecule has 0 fully saturated rings. The van der Waals surface area contributed by atoms with Crippen LogP contribution in [0.2, 0.25) is 0 Å². The number of benzene rings is 1. The number of nitrogens with zero attached hydrogens (tertiary/aromatic N) is 2. The maximum Gasteiger partial charge on any atom is 0.471 e. The Balaban J connectivity index is 2.22. The van der Waals surface area contributed by atoms with Gasteiger partial charge in [0.15, 0.2) is 0 Å². The number of alkyl halides is 3. The van der Waals surface area contributed by atoms with E-state index in [-0.39, 0.29) is 17.0 Å². The fraction of sp³-hybridized carbons (Fsp3) is 0.100. The van der Waals surface area contributed by atoms with Crippen LogP contribution < -0.4 is 10.4 Å². The third-order valence-electron chi connectivity index (χ3n) is 2.23. The molecule has 0 bridgehead atoms. The van der Waals surface area contributed by atoms with Crippen molar-refractivity contribution in [3.63, 3.8) is 0 Å². The number of hydrogen-bond acceptors (Lipinski definition) is 5. The summed E-state index contributed by atoms with van der Waals surface area (Å²) < 4.78 is 41.0. The lowest BCUT2D eigenvalue weighted by Gasteiger charge is -2.01. The van der Waals surface area contributed by atoms with Crippen LogP contribution in [0.4, 0.5) is 13.2 Å². The molecule has 0 saturated carbocycles. The molecule has 2 aromatic rings. The predicted molar refractivity (Wildman–Crippen MR) is 61.2 cm³/mol. The maximum absolute atomic E-state index is 12.3. The highest BCUT2D eigenvalue weighted by atomic mass is 35.5. The minimum atomic E-state index is -4.70. The number of carbonyl (C=O) groups excluding carboxylic acids is 1. The highest BCUT2D eigenvalue weighted by Gasteiger charge is 2.38. The Bertz CT molecular complexity index is 612. The normalized spacial score (nSPS) is 11.4. The second-order valence-corrected chi connectivity index (χ2v) is 3.74. The molecule has 0 aliphatic rings. The van der Waals surface area contributed by atoms with Crippen LogP contribution in [0, 0.1) is 0 Å². The van der Waals surface area contributed by atoms with Crippen LogP contribution in [0.15, 0.2) is 28.8 Å².